The first-order chi connectivity index (χ1) is 45.6. The highest BCUT2D eigenvalue weighted by Gasteiger charge is 2.58. The summed E-state index contributed by atoms with van der Waals surface area (Å²) in [6, 6.07) is 41.8. The Kier molecular flexibility index (Phi) is 13.5. The van der Waals surface area contributed by atoms with Gasteiger partial charge in [0.15, 0.2) is 47.0 Å². The first kappa shape index (κ1) is 57.4. The van der Waals surface area contributed by atoms with Gasteiger partial charge in [0.25, 0.3) is 0 Å². The zero-order chi connectivity index (χ0) is 63.7. The minimum absolute atomic E-state index is 0.174. The van der Waals surface area contributed by atoms with E-state index in [1.165, 1.54) is 12.7 Å². The molecule has 470 valence electrons. The van der Waals surface area contributed by atoms with E-state index in [1.807, 2.05) is 61.1 Å². The Balaban J connectivity index is 0.754. The number of fused-ring (bicyclic) bond motifs is 12. The van der Waals surface area contributed by atoms with E-state index in [1.54, 1.807) is 12.7 Å². The lowest BCUT2D eigenvalue weighted by Gasteiger charge is -2.24. The molecule has 22 nitrogen and oxygen atoms in total. The van der Waals surface area contributed by atoms with E-state index in [0.717, 1.165) is 100 Å². The number of ether oxygens (including phenoxy) is 8. The molecule has 0 saturated carbocycles. The summed E-state index contributed by atoms with van der Waals surface area (Å²) in [7, 11) is 0. The molecular weight excluding hydrogens is 1190 g/mol. The summed E-state index contributed by atoms with van der Waals surface area (Å²) in [4.78, 5) is 45.1. The minimum Gasteiger partial charge on any atom is -0.491 e. The number of nitrogens with two attached hydrogens (primary N) is 2. The fourth-order valence-electron chi connectivity index (χ4n) is 13.8. The summed E-state index contributed by atoms with van der Waals surface area (Å²) in [5.74, 6) is 0.0998. The lowest BCUT2D eigenvalue weighted by Crippen LogP contribution is -2.33. The monoisotopic (exact) mass is 1250 g/mol. The van der Waals surface area contributed by atoms with Crippen LogP contribution in [0, 0.1) is 13.8 Å². The van der Waals surface area contributed by atoms with Crippen molar-refractivity contribution in [2.45, 2.75) is 102 Å². The fourth-order valence-corrected chi connectivity index (χ4v) is 13.8. The molecule has 0 aliphatic carbocycles. The van der Waals surface area contributed by atoms with E-state index in [-0.39, 0.29) is 24.8 Å². The summed E-state index contributed by atoms with van der Waals surface area (Å²) >= 11 is 0. The van der Waals surface area contributed by atoms with Crippen LogP contribution in [0.15, 0.2) is 147 Å². The number of H-pyrrole nitrogens is 2. The Morgan fingerprint density at radius 3 is 1.11 bits per heavy atom. The van der Waals surface area contributed by atoms with Crippen molar-refractivity contribution in [1.82, 2.24) is 59.0 Å². The predicted octanol–water partition coefficient (Wildman–Crippen LogP) is 12.4. The van der Waals surface area contributed by atoms with Crippen molar-refractivity contribution in [3.8, 4) is 56.0 Å². The zero-order valence-corrected chi connectivity index (χ0v) is 52.1. The summed E-state index contributed by atoms with van der Waals surface area (Å²) in [5.41, 5.74) is 30.8. The van der Waals surface area contributed by atoms with E-state index < -0.39 is 60.7 Å². The third-order valence-corrected chi connectivity index (χ3v) is 18.1. The van der Waals surface area contributed by atoms with Gasteiger partial charge < -0.3 is 59.3 Å². The molecule has 22 heteroatoms. The maximum atomic E-state index is 6.69. The number of hydrogen-bond acceptors (Lipinski definition) is 18. The first-order valence-corrected chi connectivity index (χ1v) is 31.3. The lowest BCUT2D eigenvalue weighted by atomic mass is 10.0. The van der Waals surface area contributed by atoms with Crippen LogP contribution < -0.4 is 20.9 Å². The second-order valence-electron chi connectivity index (χ2n) is 25.3. The largest absolute Gasteiger partial charge is 0.491 e. The number of rotatable bonds is 12. The van der Waals surface area contributed by atoms with Gasteiger partial charge >= 0.3 is 0 Å². The number of benzene rings is 4. The number of aryl methyl sites for hydroxylation is 2. The molecule has 7 aromatic heterocycles. The molecule has 4 fully saturated rings. The van der Waals surface area contributed by atoms with E-state index in [9.17, 15) is 0 Å². The molecule has 4 saturated heterocycles. The third-order valence-electron chi connectivity index (χ3n) is 18.1. The number of hydrogen-bond donors (Lipinski definition) is 4. The van der Waals surface area contributed by atoms with E-state index in [2.05, 4.69) is 175 Å². The Morgan fingerprint density at radius 1 is 0.426 bits per heavy atom. The van der Waals surface area contributed by atoms with Gasteiger partial charge in [-0.3, -0.25) is 9.13 Å². The van der Waals surface area contributed by atoms with Crippen molar-refractivity contribution in [2.75, 3.05) is 24.7 Å². The third kappa shape index (κ3) is 10.0. The van der Waals surface area contributed by atoms with Gasteiger partial charge in [-0.05, 0) is 137 Å². The highest BCUT2D eigenvalue weighted by molar-refractivity contribution is 6.00. The van der Waals surface area contributed by atoms with Crippen molar-refractivity contribution in [2.24, 2.45) is 0 Å². The molecule has 8 bridgehead atoms. The van der Waals surface area contributed by atoms with Gasteiger partial charge in [0.2, 0.25) is 0 Å². The molecule has 4 aromatic carbocycles. The molecule has 0 radical (unpaired) electrons. The highest BCUT2D eigenvalue weighted by Crippen LogP contribution is 2.47. The molecule has 17 rings (SSSR count). The molecule has 11 aromatic rings. The molecule has 8 atom stereocenters. The van der Waals surface area contributed by atoms with Crippen LogP contribution in [-0.4, -0.2) is 120 Å². The van der Waals surface area contributed by atoms with Crippen molar-refractivity contribution < 1.29 is 37.9 Å². The van der Waals surface area contributed by atoms with Crippen molar-refractivity contribution in [3.05, 3.63) is 181 Å². The molecule has 0 unspecified atom stereocenters. The first-order valence-electron chi connectivity index (χ1n) is 31.3. The number of aromatic amines is 2. The Labute approximate surface area is 538 Å². The second-order valence-corrected chi connectivity index (χ2v) is 25.3. The van der Waals surface area contributed by atoms with Crippen LogP contribution >= 0.6 is 0 Å². The quantitative estimate of drug-likeness (QED) is 0.0885. The summed E-state index contributed by atoms with van der Waals surface area (Å²) in [6.45, 7) is 12.1. The number of imidazole rings is 2. The molecule has 13 heterocycles. The van der Waals surface area contributed by atoms with Crippen molar-refractivity contribution in [3.63, 3.8) is 0 Å². The van der Waals surface area contributed by atoms with Crippen LogP contribution in [0.3, 0.4) is 0 Å². The van der Waals surface area contributed by atoms with Gasteiger partial charge in [0, 0.05) is 44.3 Å². The second kappa shape index (κ2) is 22.1. The van der Waals surface area contributed by atoms with Crippen molar-refractivity contribution >= 4 is 80.3 Å². The molecule has 6 aliphatic rings. The normalized spacial score (nSPS) is 22.4. The van der Waals surface area contributed by atoms with Crippen LogP contribution in [0.1, 0.15) is 74.1 Å². The SMILES string of the molecule is Cc1ccc(-c2c3nc(c(-c4ccc(OC[C@H]5O[C@@H](n6cnc7c(N)ncnc76)[C@@H]6OC(C)(C)O[C@@H]65)cc4)c4ccc([nH]4)c(-c4ccc(OC[C@H]5O[C@@H](n6cnc7c(N)ncnc76)[C@@H]6OC(C)(C)O[C@@H]65)cc4)c4nc(c(-c5ccc(C)cc5)c5ccc2[nH]5)C=C4)C=C3)cc1. The molecule has 0 amide bonds. The van der Waals surface area contributed by atoms with Crippen molar-refractivity contribution in [1.29, 1.82) is 0 Å². The van der Waals surface area contributed by atoms with Gasteiger partial charge in [-0.25, -0.2) is 39.9 Å². The van der Waals surface area contributed by atoms with Gasteiger partial charge in [0.1, 0.15) is 85.0 Å². The Bertz CT molecular complexity index is 4750. The smallest absolute Gasteiger partial charge is 0.167 e. The molecule has 0 spiro atoms. The minimum atomic E-state index is -0.863. The standard InChI is InChI=1S/C72H64N14O8/c1-37-7-11-39(12-8-37)55-45-23-24-46(81-45)56(40-13-9-38(2)10-14-40)48-26-28-50(83-48)58(42-17-21-44(22-18-42)88-32-54-62-64(94-72(5,6)92-62)70(90-54)86-36-80-60-66(74)76-34-78-68(60)86)52-30-29-51(84-52)57(49-27-25-47(55)82-49)41-15-19-43(20-16-41)87-31-53-61-63(93-71(3,4)91-61)69(89-53)85-35-79-59-65(73)75-33-77-67(59)85/h7-30,33-36,53-54,61-64,69-70,81,84H,31-32H2,1-6H3,(H2,73,75,77)(H2,74,76,78)/t53-,54-,61-,62-,63-,64-,69-,70-/m1/s1. The molecule has 6 aliphatic heterocycles. The average Bonchev–Trinajstić information content (AvgIpc) is 1.60. The number of aromatic nitrogens is 12. The van der Waals surface area contributed by atoms with Gasteiger partial charge in [-0.15, -0.1) is 0 Å². The van der Waals surface area contributed by atoms with Crippen LogP contribution in [0.4, 0.5) is 11.6 Å². The maximum Gasteiger partial charge on any atom is 0.167 e. The number of nitrogens with zero attached hydrogens (tertiary/aromatic N) is 10. The number of anilines is 2. The zero-order valence-electron chi connectivity index (χ0n) is 52.1. The van der Waals surface area contributed by atoms with Gasteiger partial charge in [0.05, 0.1) is 35.4 Å². The summed E-state index contributed by atoms with van der Waals surface area (Å²) in [6.07, 6.45) is 10.5. The summed E-state index contributed by atoms with van der Waals surface area (Å²) < 4.78 is 56.1. The van der Waals surface area contributed by atoms with E-state index in [4.69, 9.17) is 59.3 Å². The van der Waals surface area contributed by atoms with Gasteiger partial charge in [-0.1, -0.05) is 83.9 Å². The summed E-state index contributed by atoms with van der Waals surface area (Å²) in [5, 5.41) is 0. The lowest BCUT2D eigenvalue weighted by molar-refractivity contribution is -0.199. The van der Waals surface area contributed by atoms with Gasteiger partial charge in [-0.2, -0.15) is 0 Å². The highest BCUT2D eigenvalue weighted by atomic mass is 16.8. The maximum absolute atomic E-state index is 6.69. The van der Waals surface area contributed by atoms with Crippen LogP contribution in [0.25, 0.3) is 113 Å². The Morgan fingerprint density at radius 2 is 0.755 bits per heavy atom. The van der Waals surface area contributed by atoms with Crippen LogP contribution in [0.2, 0.25) is 0 Å². The molecular formula is C72H64N14O8. The Hall–Kier alpha value is -10.5. The van der Waals surface area contributed by atoms with E-state index >= 15 is 0 Å². The predicted molar refractivity (Wildman–Crippen MR) is 356 cm³/mol. The fraction of sp³-hybridized carbons (Fsp3) is 0.250. The number of nitrogen functional groups attached to an aromatic ring is 2. The molecule has 94 heavy (non-hydrogen) atoms. The van der Waals surface area contributed by atoms with Crippen LogP contribution in [-0.2, 0) is 28.4 Å². The van der Waals surface area contributed by atoms with Crippen LogP contribution in [0.5, 0.6) is 11.5 Å². The molecule has 6 N–H and O–H groups in total. The topological polar surface area (TPSA) is 270 Å². The number of nitrogens with one attached hydrogen (secondary N) is 2. The van der Waals surface area contributed by atoms with E-state index in [0.29, 0.717) is 33.8 Å². The average molecular weight is 1250 g/mol.